The third-order valence-corrected chi connectivity index (χ3v) is 3.57. The van der Waals surface area contributed by atoms with Gasteiger partial charge in [0.05, 0.1) is 13.2 Å². The summed E-state index contributed by atoms with van der Waals surface area (Å²) >= 11 is 0. The third kappa shape index (κ3) is 4.66. The minimum absolute atomic E-state index is 0.171. The van der Waals surface area contributed by atoms with Gasteiger partial charge in [-0.2, -0.15) is 0 Å². The maximum atomic E-state index is 11.8. The summed E-state index contributed by atoms with van der Waals surface area (Å²) in [5.41, 5.74) is -0.393. The van der Waals surface area contributed by atoms with E-state index in [1.165, 1.54) is 6.42 Å². The molecule has 0 aromatic heterocycles. The first-order chi connectivity index (χ1) is 8.94. The molecule has 2 aliphatic rings. The Labute approximate surface area is 115 Å². The van der Waals surface area contributed by atoms with Crippen molar-refractivity contribution in [2.24, 2.45) is 5.92 Å². The van der Waals surface area contributed by atoms with Gasteiger partial charge < -0.3 is 14.4 Å². The number of carbonyl (C=O) groups excluding carboxylic acids is 1. The fourth-order valence-corrected chi connectivity index (χ4v) is 2.42. The Morgan fingerprint density at radius 1 is 1.26 bits per heavy atom. The first-order valence-corrected chi connectivity index (χ1v) is 7.22. The van der Waals surface area contributed by atoms with Crippen molar-refractivity contribution in [2.75, 3.05) is 45.9 Å². The van der Waals surface area contributed by atoms with Crippen LogP contribution in [0, 0.1) is 5.92 Å². The summed E-state index contributed by atoms with van der Waals surface area (Å²) in [5, 5.41) is 0. The standard InChI is InChI=1S/C14H26N2O3/c1-14(2,3)19-13(17)16-10-12(11-16)4-5-15-6-8-18-9-7-15/h12H,4-11H2,1-3H3. The van der Waals surface area contributed by atoms with E-state index in [0.717, 1.165) is 45.9 Å². The topological polar surface area (TPSA) is 42.0 Å². The lowest BCUT2D eigenvalue weighted by atomic mass is 9.96. The van der Waals surface area contributed by atoms with Gasteiger partial charge >= 0.3 is 6.09 Å². The molecule has 1 amide bonds. The average molecular weight is 270 g/mol. The highest BCUT2D eigenvalue weighted by molar-refractivity contribution is 5.69. The number of rotatable bonds is 3. The molecule has 0 aromatic rings. The zero-order chi connectivity index (χ0) is 13.9. The highest BCUT2D eigenvalue weighted by atomic mass is 16.6. The van der Waals surface area contributed by atoms with Gasteiger partial charge in [0, 0.05) is 26.2 Å². The molecule has 0 atom stereocenters. The van der Waals surface area contributed by atoms with Gasteiger partial charge in [0.1, 0.15) is 5.60 Å². The Kier molecular flexibility index (Phi) is 4.68. The summed E-state index contributed by atoms with van der Waals surface area (Å²) in [6, 6.07) is 0. The van der Waals surface area contributed by atoms with Crippen LogP contribution in [-0.4, -0.2) is 67.4 Å². The quantitative estimate of drug-likeness (QED) is 0.781. The van der Waals surface area contributed by atoms with Crippen molar-refractivity contribution in [1.82, 2.24) is 9.80 Å². The Balaban J connectivity index is 1.59. The number of carbonyl (C=O) groups is 1. The molecule has 0 radical (unpaired) electrons. The second kappa shape index (κ2) is 6.09. The van der Waals surface area contributed by atoms with Crippen molar-refractivity contribution in [3.05, 3.63) is 0 Å². The van der Waals surface area contributed by atoms with Gasteiger partial charge in [-0.3, -0.25) is 4.90 Å². The van der Waals surface area contributed by atoms with Crippen molar-refractivity contribution >= 4 is 6.09 Å². The normalized spacial score (nSPS) is 22.2. The van der Waals surface area contributed by atoms with Crippen molar-refractivity contribution in [3.8, 4) is 0 Å². The fraction of sp³-hybridized carbons (Fsp3) is 0.929. The summed E-state index contributed by atoms with van der Waals surface area (Å²) < 4.78 is 10.7. The Hall–Kier alpha value is -0.810. The zero-order valence-corrected chi connectivity index (χ0v) is 12.4. The van der Waals surface area contributed by atoms with Gasteiger partial charge in [0.15, 0.2) is 0 Å². The second-order valence-corrected chi connectivity index (χ2v) is 6.49. The van der Waals surface area contributed by atoms with Gasteiger partial charge in [0.25, 0.3) is 0 Å². The lowest BCUT2D eigenvalue weighted by Crippen LogP contribution is -2.52. The number of hydrogen-bond acceptors (Lipinski definition) is 4. The first-order valence-electron chi connectivity index (χ1n) is 7.22. The minimum atomic E-state index is -0.393. The van der Waals surface area contributed by atoms with E-state index in [9.17, 15) is 4.79 Å². The molecule has 2 heterocycles. The van der Waals surface area contributed by atoms with E-state index >= 15 is 0 Å². The molecule has 19 heavy (non-hydrogen) atoms. The molecule has 5 nitrogen and oxygen atoms in total. The van der Waals surface area contributed by atoms with Crippen molar-refractivity contribution < 1.29 is 14.3 Å². The molecule has 5 heteroatoms. The molecular formula is C14H26N2O3. The van der Waals surface area contributed by atoms with Crippen LogP contribution in [0.25, 0.3) is 0 Å². The van der Waals surface area contributed by atoms with Gasteiger partial charge in [-0.05, 0) is 39.7 Å². The molecule has 0 N–H and O–H groups in total. The van der Waals surface area contributed by atoms with Crippen molar-refractivity contribution in [1.29, 1.82) is 0 Å². The van der Waals surface area contributed by atoms with Crippen LogP contribution in [0.5, 0.6) is 0 Å². The molecule has 110 valence electrons. The van der Waals surface area contributed by atoms with Crippen LogP contribution >= 0.6 is 0 Å². The van der Waals surface area contributed by atoms with Gasteiger partial charge in [-0.15, -0.1) is 0 Å². The molecule has 0 unspecified atom stereocenters. The SMILES string of the molecule is CC(C)(C)OC(=O)N1CC(CCN2CCOCC2)C1. The summed E-state index contributed by atoms with van der Waals surface area (Å²) in [4.78, 5) is 16.0. The average Bonchev–Trinajstić information content (AvgIpc) is 2.25. The van der Waals surface area contributed by atoms with E-state index < -0.39 is 5.60 Å². The molecule has 0 aromatic carbocycles. The smallest absolute Gasteiger partial charge is 0.410 e. The molecule has 2 rings (SSSR count). The molecule has 2 aliphatic heterocycles. The second-order valence-electron chi connectivity index (χ2n) is 6.49. The van der Waals surface area contributed by atoms with Crippen LogP contribution in [0.15, 0.2) is 0 Å². The van der Waals surface area contributed by atoms with Gasteiger partial charge in [0.2, 0.25) is 0 Å². The predicted molar refractivity (Wildman–Crippen MR) is 73.2 cm³/mol. The zero-order valence-electron chi connectivity index (χ0n) is 12.4. The van der Waals surface area contributed by atoms with E-state index in [1.807, 2.05) is 20.8 Å². The summed E-state index contributed by atoms with van der Waals surface area (Å²) in [5.74, 6) is 0.635. The Morgan fingerprint density at radius 3 is 2.47 bits per heavy atom. The van der Waals surface area contributed by atoms with E-state index in [-0.39, 0.29) is 6.09 Å². The molecule has 2 fully saturated rings. The lowest BCUT2D eigenvalue weighted by Gasteiger charge is -2.40. The molecule has 0 spiro atoms. The van der Waals surface area contributed by atoms with E-state index in [1.54, 1.807) is 4.90 Å². The van der Waals surface area contributed by atoms with E-state index in [4.69, 9.17) is 9.47 Å². The number of likely N-dealkylation sites (tertiary alicyclic amines) is 1. The van der Waals surface area contributed by atoms with Crippen LogP contribution in [0.3, 0.4) is 0 Å². The predicted octanol–water partition coefficient (Wildman–Crippen LogP) is 1.58. The summed E-state index contributed by atoms with van der Waals surface area (Å²) in [6.45, 7) is 12.3. The van der Waals surface area contributed by atoms with Crippen LogP contribution < -0.4 is 0 Å². The Morgan fingerprint density at radius 2 is 1.89 bits per heavy atom. The monoisotopic (exact) mass is 270 g/mol. The molecule has 0 saturated carbocycles. The minimum Gasteiger partial charge on any atom is -0.444 e. The van der Waals surface area contributed by atoms with Crippen molar-refractivity contribution in [2.45, 2.75) is 32.8 Å². The highest BCUT2D eigenvalue weighted by Gasteiger charge is 2.33. The first kappa shape index (κ1) is 14.6. The van der Waals surface area contributed by atoms with E-state index in [0.29, 0.717) is 5.92 Å². The van der Waals surface area contributed by atoms with E-state index in [2.05, 4.69) is 4.90 Å². The molecule has 0 aliphatic carbocycles. The maximum Gasteiger partial charge on any atom is 0.410 e. The molecule has 2 saturated heterocycles. The number of ether oxygens (including phenoxy) is 2. The number of morpholine rings is 1. The van der Waals surface area contributed by atoms with Gasteiger partial charge in [-0.1, -0.05) is 0 Å². The number of hydrogen-bond donors (Lipinski definition) is 0. The maximum absolute atomic E-state index is 11.8. The largest absolute Gasteiger partial charge is 0.444 e. The van der Waals surface area contributed by atoms with Crippen LogP contribution in [-0.2, 0) is 9.47 Å². The van der Waals surface area contributed by atoms with Crippen LogP contribution in [0.4, 0.5) is 4.79 Å². The fourth-order valence-electron chi connectivity index (χ4n) is 2.42. The summed E-state index contributed by atoms with van der Waals surface area (Å²) in [7, 11) is 0. The van der Waals surface area contributed by atoms with Crippen LogP contribution in [0.1, 0.15) is 27.2 Å². The Bertz CT molecular complexity index is 302. The van der Waals surface area contributed by atoms with Gasteiger partial charge in [-0.25, -0.2) is 4.79 Å². The third-order valence-electron chi connectivity index (χ3n) is 3.57. The molecular weight excluding hydrogens is 244 g/mol. The number of amides is 1. The molecule has 0 bridgehead atoms. The number of nitrogens with zero attached hydrogens (tertiary/aromatic N) is 2. The summed E-state index contributed by atoms with van der Waals surface area (Å²) in [6.07, 6.45) is 0.995. The lowest BCUT2D eigenvalue weighted by molar-refractivity contribution is -0.00665. The van der Waals surface area contributed by atoms with Crippen LogP contribution in [0.2, 0.25) is 0 Å². The highest BCUT2D eigenvalue weighted by Crippen LogP contribution is 2.22. The van der Waals surface area contributed by atoms with Crippen molar-refractivity contribution in [3.63, 3.8) is 0 Å².